The van der Waals surface area contributed by atoms with Crippen LogP contribution in [0.3, 0.4) is 0 Å². The van der Waals surface area contributed by atoms with Gasteiger partial charge in [-0.2, -0.15) is 0 Å². The fourth-order valence-electron chi connectivity index (χ4n) is 1.70. The van der Waals surface area contributed by atoms with Gasteiger partial charge in [0.1, 0.15) is 6.54 Å². The quantitative estimate of drug-likeness (QED) is 0.599. The average molecular weight is 268 g/mol. The van der Waals surface area contributed by atoms with Crippen molar-refractivity contribution in [2.75, 3.05) is 6.54 Å². The van der Waals surface area contributed by atoms with Gasteiger partial charge in [-0.25, -0.2) is 4.79 Å². The molecule has 1 aromatic rings. The third kappa shape index (κ3) is 5.09. The van der Waals surface area contributed by atoms with Crippen LogP contribution in [0.5, 0.6) is 0 Å². The van der Waals surface area contributed by atoms with Crippen LogP contribution in [0.1, 0.15) is 26.2 Å². The van der Waals surface area contributed by atoms with Crippen molar-refractivity contribution in [1.29, 1.82) is 0 Å². The van der Waals surface area contributed by atoms with Gasteiger partial charge in [0.2, 0.25) is 5.91 Å². The predicted octanol–water partition coefficient (Wildman–Crippen LogP) is -0.830. The first kappa shape index (κ1) is 15.2. The average Bonchev–Trinajstić information content (AvgIpc) is 2.38. The molecule has 0 bridgehead atoms. The van der Waals surface area contributed by atoms with Crippen LogP contribution in [0.4, 0.5) is 0 Å². The number of aromatic nitrogens is 2. The number of carbonyl (C=O) groups excluding carboxylic acids is 1. The van der Waals surface area contributed by atoms with Crippen molar-refractivity contribution in [1.82, 2.24) is 14.9 Å². The highest BCUT2D eigenvalue weighted by Gasteiger charge is 2.11. The zero-order valence-electron chi connectivity index (χ0n) is 11.0. The number of nitrogens with two attached hydrogens (primary N) is 1. The van der Waals surface area contributed by atoms with Gasteiger partial charge in [-0.15, -0.1) is 0 Å². The minimum Gasteiger partial charge on any atom is -0.351 e. The second-order valence-corrected chi connectivity index (χ2v) is 4.38. The van der Waals surface area contributed by atoms with Crippen LogP contribution < -0.4 is 22.3 Å². The van der Waals surface area contributed by atoms with Gasteiger partial charge in [-0.1, -0.05) is 19.8 Å². The van der Waals surface area contributed by atoms with Gasteiger partial charge in [-0.3, -0.25) is 19.1 Å². The number of hydrogen-bond donors (Lipinski definition) is 3. The molecule has 0 aliphatic rings. The second-order valence-electron chi connectivity index (χ2n) is 4.38. The molecule has 0 aromatic carbocycles. The van der Waals surface area contributed by atoms with Gasteiger partial charge in [0, 0.05) is 24.8 Å². The second kappa shape index (κ2) is 7.52. The normalized spacial score (nSPS) is 12.1. The lowest BCUT2D eigenvalue weighted by atomic mass is 10.1. The topological polar surface area (TPSA) is 110 Å². The Balaban J connectivity index is 2.59. The number of carbonyl (C=O) groups is 1. The molecule has 7 heteroatoms. The molecule has 1 unspecified atom stereocenters. The molecule has 1 heterocycles. The molecular weight excluding hydrogens is 248 g/mol. The Morgan fingerprint density at radius 1 is 1.53 bits per heavy atom. The molecule has 0 saturated heterocycles. The first-order valence-corrected chi connectivity index (χ1v) is 6.36. The van der Waals surface area contributed by atoms with Crippen LogP contribution in [0.2, 0.25) is 0 Å². The molecular formula is C12H20N4O3. The van der Waals surface area contributed by atoms with Crippen molar-refractivity contribution in [3.05, 3.63) is 33.1 Å². The highest BCUT2D eigenvalue weighted by atomic mass is 16.2. The van der Waals surface area contributed by atoms with Crippen LogP contribution in [0.25, 0.3) is 0 Å². The number of unbranched alkanes of at least 4 members (excludes halogenated alkanes) is 1. The fourth-order valence-corrected chi connectivity index (χ4v) is 1.70. The number of nitrogens with zero attached hydrogens (tertiary/aromatic N) is 1. The van der Waals surface area contributed by atoms with Crippen molar-refractivity contribution in [2.45, 2.75) is 38.8 Å². The highest BCUT2D eigenvalue weighted by Crippen LogP contribution is 1.99. The Morgan fingerprint density at radius 2 is 2.26 bits per heavy atom. The number of nitrogens with one attached hydrogen (secondary N) is 2. The lowest BCUT2D eigenvalue weighted by Gasteiger charge is -2.16. The fraction of sp³-hybridized carbons (Fsp3) is 0.583. The van der Waals surface area contributed by atoms with E-state index in [0.29, 0.717) is 6.54 Å². The highest BCUT2D eigenvalue weighted by molar-refractivity contribution is 5.76. The summed E-state index contributed by atoms with van der Waals surface area (Å²) in [6.07, 6.45) is 4.13. The molecule has 7 nitrogen and oxygen atoms in total. The monoisotopic (exact) mass is 268 g/mol. The van der Waals surface area contributed by atoms with Gasteiger partial charge in [0.25, 0.3) is 5.56 Å². The van der Waals surface area contributed by atoms with Crippen molar-refractivity contribution in [3.63, 3.8) is 0 Å². The molecule has 1 atom stereocenters. The standard InChI is InChI=1S/C12H20N4O3/c1-2-3-4-9(7-13)14-11(18)8-16-6-5-10(17)15-12(16)19/h5-6,9H,2-4,7-8,13H2,1H3,(H,14,18)(H,15,17,19). The number of hydrogen-bond acceptors (Lipinski definition) is 4. The molecule has 1 rings (SSSR count). The molecule has 19 heavy (non-hydrogen) atoms. The smallest absolute Gasteiger partial charge is 0.328 e. The van der Waals surface area contributed by atoms with E-state index >= 15 is 0 Å². The van der Waals surface area contributed by atoms with Crippen LogP contribution in [-0.2, 0) is 11.3 Å². The van der Waals surface area contributed by atoms with Gasteiger partial charge in [0.15, 0.2) is 0 Å². The molecule has 0 spiro atoms. The van der Waals surface area contributed by atoms with Crippen LogP contribution >= 0.6 is 0 Å². The van der Waals surface area contributed by atoms with Crippen LogP contribution in [-0.4, -0.2) is 28.0 Å². The van der Waals surface area contributed by atoms with Crippen molar-refractivity contribution >= 4 is 5.91 Å². The van der Waals surface area contributed by atoms with E-state index in [1.54, 1.807) is 0 Å². The van der Waals surface area contributed by atoms with E-state index in [1.807, 2.05) is 0 Å². The van der Waals surface area contributed by atoms with E-state index < -0.39 is 11.2 Å². The maximum absolute atomic E-state index is 11.8. The summed E-state index contributed by atoms with van der Waals surface area (Å²) in [5.41, 5.74) is 4.50. The Kier molecular flexibility index (Phi) is 6.01. The predicted molar refractivity (Wildman–Crippen MR) is 71.8 cm³/mol. The van der Waals surface area contributed by atoms with E-state index in [9.17, 15) is 14.4 Å². The molecule has 1 aromatic heterocycles. The molecule has 0 aliphatic carbocycles. The van der Waals surface area contributed by atoms with E-state index in [4.69, 9.17) is 5.73 Å². The Labute approximate surface area is 110 Å². The minimum atomic E-state index is -0.597. The number of rotatable bonds is 7. The van der Waals surface area contributed by atoms with Crippen molar-refractivity contribution < 1.29 is 4.79 Å². The van der Waals surface area contributed by atoms with Crippen LogP contribution in [0.15, 0.2) is 21.9 Å². The molecule has 0 saturated carbocycles. The third-order valence-corrected chi connectivity index (χ3v) is 2.77. The molecule has 0 aliphatic heterocycles. The summed E-state index contributed by atoms with van der Waals surface area (Å²) >= 11 is 0. The van der Waals surface area contributed by atoms with Crippen molar-refractivity contribution in [3.8, 4) is 0 Å². The van der Waals surface area contributed by atoms with Gasteiger partial charge in [0.05, 0.1) is 0 Å². The summed E-state index contributed by atoms with van der Waals surface area (Å²) in [6.45, 7) is 2.31. The summed E-state index contributed by atoms with van der Waals surface area (Å²) in [4.78, 5) is 36.1. The first-order chi connectivity index (χ1) is 9.06. The summed E-state index contributed by atoms with van der Waals surface area (Å²) in [7, 11) is 0. The minimum absolute atomic E-state index is 0.0779. The summed E-state index contributed by atoms with van der Waals surface area (Å²) in [5.74, 6) is -0.291. The van der Waals surface area contributed by atoms with Crippen molar-refractivity contribution in [2.24, 2.45) is 5.73 Å². The molecule has 1 amide bonds. The maximum Gasteiger partial charge on any atom is 0.328 e. The van der Waals surface area contributed by atoms with E-state index in [2.05, 4.69) is 17.2 Å². The SMILES string of the molecule is CCCCC(CN)NC(=O)Cn1ccc(=O)[nH]c1=O. The Morgan fingerprint density at radius 3 is 2.84 bits per heavy atom. The summed E-state index contributed by atoms with van der Waals surface area (Å²) < 4.78 is 1.14. The largest absolute Gasteiger partial charge is 0.351 e. The Bertz CT molecular complexity index is 520. The summed E-state index contributed by atoms with van der Waals surface area (Å²) in [6, 6.07) is 1.12. The van der Waals surface area contributed by atoms with Crippen LogP contribution in [0, 0.1) is 0 Å². The molecule has 106 valence electrons. The zero-order valence-corrected chi connectivity index (χ0v) is 11.0. The van der Waals surface area contributed by atoms with Gasteiger partial charge >= 0.3 is 5.69 Å². The third-order valence-electron chi connectivity index (χ3n) is 2.77. The van der Waals surface area contributed by atoms with Gasteiger partial charge in [-0.05, 0) is 6.42 Å². The van der Waals surface area contributed by atoms with E-state index in [-0.39, 0.29) is 18.5 Å². The number of aromatic amines is 1. The molecule has 0 fully saturated rings. The maximum atomic E-state index is 11.8. The number of H-pyrrole nitrogens is 1. The van der Waals surface area contributed by atoms with Gasteiger partial charge < -0.3 is 11.1 Å². The molecule has 0 radical (unpaired) electrons. The van der Waals surface area contributed by atoms with E-state index in [1.165, 1.54) is 12.3 Å². The lowest BCUT2D eigenvalue weighted by Crippen LogP contribution is -2.43. The zero-order chi connectivity index (χ0) is 14.3. The Hall–Kier alpha value is -1.89. The lowest BCUT2D eigenvalue weighted by molar-refractivity contribution is -0.122. The first-order valence-electron chi connectivity index (χ1n) is 6.36. The summed E-state index contributed by atoms with van der Waals surface area (Å²) in [5, 5.41) is 2.78. The number of amides is 1. The van der Waals surface area contributed by atoms with E-state index in [0.717, 1.165) is 23.8 Å². The molecule has 4 N–H and O–H groups in total.